The first kappa shape index (κ1) is 16.6. The molecule has 4 aromatic rings. The van der Waals surface area contributed by atoms with E-state index in [0.29, 0.717) is 28.9 Å². The van der Waals surface area contributed by atoms with E-state index in [0.717, 1.165) is 16.5 Å². The minimum atomic E-state index is -0.654. The Bertz CT molecular complexity index is 1290. The second kappa shape index (κ2) is 6.23. The van der Waals surface area contributed by atoms with Crippen molar-refractivity contribution in [1.29, 1.82) is 0 Å². The summed E-state index contributed by atoms with van der Waals surface area (Å²) < 4.78 is 6.77. The molecule has 0 saturated heterocycles. The molecule has 7 heteroatoms. The number of methoxy groups -OCH3 is 1. The van der Waals surface area contributed by atoms with Gasteiger partial charge in [-0.2, -0.15) is 0 Å². The van der Waals surface area contributed by atoms with Crippen LogP contribution in [0.25, 0.3) is 21.8 Å². The lowest BCUT2D eigenvalue weighted by atomic mass is 10.0. The normalized spacial score (nSPS) is 16.2. The highest BCUT2D eigenvalue weighted by Gasteiger charge is 2.30. The van der Waals surface area contributed by atoms with Crippen LogP contribution in [-0.4, -0.2) is 27.6 Å². The molecular formula is C21H18N4O3. The third-order valence-electron chi connectivity index (χ3n) is 5.30. The third kappa shape index (κ3) is 2.47. The molecule has 0 spiro atoms. The van der Waals surface area contributed by atoms with E-state index >= 15 is 0 Å². The number of fused-ring (bicyclic) bond motifs is 3. The minimum Gasteiger partial charge on any atom is -0.497 e. The molecule has 1 aliphatic rings. The fourth-order valence-electron chi connectivity index (χ4n) is 3.89. The molecule has 0 radical (unpaired) electrons. The number of hydrogen-bond acceptors (Lipinski definition) is 4. The number of rotatable bonds is 3. The summed E-state index contributed by atoms with van der Waals surface area (Å²) in [6, 6.07) is 12.5. The maximum Gasteiger partial charge on any atom is 0.262 e. The van der Waals surface area contributed by atoms with E-state index in [9.17, 15) is 9.59 Å². The molecule has 0 saturated carbocycles. The highest BCUT2D eigenvalue weighted by Crippen LogP contribution is 2.26. The molecule has 7 nitrogen and oxygen atoms in total. The van der Waals surface area contributed by atoms with Gasteiger partial charge in [-0.15, -0.1) is 0 Å². The number of H-pyrrole nitrogens is 1. The van der Waals surface area contributed by atoms with E-state index in [1.54, 1.807) is 25.3 Å². The Morgan fingerprint density at radius 1 is 1.18 bits per heavy atom. The van der Waals surface area contributed by atoms with Gasteiger partial charge in [0.25, 0.3) is 5.56 Å². The average Bonchev–Trinajstić information content (AvgIpc) is 3.13. The summed E-state index contributed by atoms with van der Waals surface area (Å²) in [5.74, 6) is 0.969. The van der Waals surface area contributed by atoms with Crippen LogP contribution in [0.4, 0.5) is 0 Å². The molecule has 0 aliphatic carbocycles. The summed E-state index contributed by atoms with van der Waals surface area (Å²) >= 11 is 0. The first-order valence-electron chi connectivity index (χ1n) is 9.07. The predicted molar refractivity (Wildman–Crippen MR) is 105 cm³/mol. The van der Waals surface area contributed by atoms with Crippen molar-refractivity contribution in [2.45, 2.75) is 19.0 Å². The Hall–Kier alpha value is -3.61. The molecule has 1 atom stereocenters. The van der Waals surface area contributed by atoms with E-state index in [1.807, 2.05) is 30.5 Å². The average molecular weight is 374 g/mol. The highest BCUT2D eigenvalue weighted by molar-refractivity contribution is 5.87. The van der Waals surface area contributed by atoms with E-state index in [2.05, 4.69) is 15.3 Å². The van der Waals surface area contributed by atoms with E-state index in [1.165, 1.54) is 4.57 Å². The molecule has 28 heavy (non-hydrogen) atoms. The lowest BCUT2D eigenvalue weighted by Gasteiger charge is -2.27. The molecule has 1 amide bonds. The zero-order chi connectivity index (χ0) is 19.3. The van der Waals surface area contributed by atoms with Gasteiger partial charge in [0.1, 0.15) is 17.6 Å². The highest BCUT2D eigenvalue weighted by atomic mass is 16.5. The maximum absolute atomic E-state index is 13.3. The molecule has 0 bridgehead atoms. The Morgan fingerprint density at radius 3 is 2.89 bits per heavy atom. The van der Waals surface area contributed by atoms with Crippen molar-refractivity contribution < 1.29 is 9.53 Å². The van der Waals surface area contributed by atoms with Crippen molar-refractivity contribution in [3.63, 3.8) is 0 Å². The van der Waals surface area contributed by atoms with Crippen LogP contribution in [-0.2, 0) is 17.8 Å². The number of aromatic nitrogens is 3. The van der Waals surface area contributed by atoms with Crippen LogP contribution in [0.5, 0.6) is 5.75 Å². The van der Waals surface area contributed by atoms with Crippen molar-refractivity contribution >= 4 is 27.7 Å². The van der Waals surface area contributed by atoms with Crippen LogP contribution >= 0.6 is 0 Å². The summed E-state index contributed by atoms with van der Waals surface area (Å²) in [5.41, 5.74) is 2.36. The number of hydrogen-bond donors (Lipinski definition) is 2. The number of nitrogens with one attached hydrogen (secondary N) is 2. The number of para-hydroxylation sites is 1. The summed E-state index contributed by atoms with van der Waals surface area (Å²) in [5, 5.41) is 4.36. The summed E-state index contributed by atoms with van der Waals surface area (Å²) in [6.07, 6.45) is 2.30. The molecule has 140 valence electrons. The van der Waals surface area contributed by atoms with Gasteiger partial charge in [0.05, 0.1) is 24.6 Å². The largest absolute Gasteiger partial charge is 0.497 e. The van der Waals surface area contributed by atoms with Crippen molar-refractivity contribution in [2.75, 3.05) is 7.11 Å². The topological polar surface area (TPSA) is 89.0 Å². The summed E-state index contributed by atoms with van der Waals surface area (Å²) in [6.45, 7) is 0.237. The molecule has 3 heterocycles. The summed E-state index contributed by atoms with van der Waals surface area (Å²) in [4.78, 5) is 33.8. The molecule has 1 aliphatic heterocycles. The fraction of sp³-hybridized carbons (Fsp3) is 0.190. The van der Waals surface area contributed by atoms with Gasteiger partial charge in [0, 0.05) is 23.5 Å². The van der Waals surface area contributed by atoms with Crippen LogP contribution in [0, 0.1) is 0 Å². The van der Waals surface area contributed by atoms with Crippen molar-refractivity contribution in [3.8, 4) is 5.75 Å². The first-order valence-corrected chi connectivity index (χ1v) is 9.07. The maximum atomic E-state index is 13.3. The van der Waals surface area contributed by atoms with Gasteiger partial charge < -0.3 is 15.0 Å². The fourth-order valence-corrected chi connectivity index (χ4v) is 3.89. The number of amides is 1. The van der Waals surface area contributed by atoms with Crippen molar-refractivity contribution in [2.24, 2.45) is 0 Å². The van der Waals surface area contributed by atoms with Gasteiger partial charge in [-0.3, -0.25) is 14.2 Å². The SMILES string of the molecule is COc1ccc2nc3n(c(=O)c2c1)C(Cc1c[nH]c2ccccc12)C(=O)NC3. The van der Waals surface area contributed by atoms with Crippen LogP contribution in [0.1, 0.15) is 17.4 Å². The number of benzene rings is 2. The Balaban J connectivity index is 1.67. The zero-order valence-corrected chi connectivity index (χ0v) is 15.2. The third-order valence-corrected chi connectivity index (χ3v) is 5.30. The Labute approximate surface area is 160 Å². The minimum absolute atomic E-state index is 0.177. The van der Waals surface area contributed by atoms with E-state index < -0.39 is 6.04 Å². The lowest BCUT2D eigenvalue weighted by molar-refractivity contribution is -0.125. The van der Waals surface area contributed by atoms with Gasteiger partial charge >= 0.3 is 0 Å². The number of ether oxygens (including phenoxy) is 1. The van der Waals surface area contributed by atoms with Crippen molar-refractivity contribution in [3.05, 3.63) is 70.4 Å². The van der Waals surface area contributed by atoms with E-state index in [4.69, 9.17) is 4.74 Å². The van der Waals surface area contributed by atoms with Crippen molar-refractivity contribution in [1.82, 2.24) is 19.9 Å². The smallest absolute Gasteiger partial charge is 0.262 e. The molecule has 2 N–H and O–H groups in total. The van der Waals surface area contributed by atoms with Gasteiger partial charge in [0.15, 0.2) is 0 Å². The standard InChI is InChI=1S/C21H18N4O3/c1-28-13-6-7-17-15(9-13)21(27)25-18(20(26)23-11-19(25)24-17)8-12-10-22-16-5-3-2-4-14(12)16/h2-7,9-10,18,22H,8,11H2,1H3,(H,23,26). The van der Waals surface area contributed by atoms with Crippen LogP contribution in [0.15, 0.2) is 53.5 Å². The predicted octanol–water partition coefficient (Wildman–Crippen LogP) is 2.30. The van der Waals surface area contributed by atoms with Gasteiger partial charge in [-0.05, 0) is 29.8 Å². The van der Waals surface area contributed by atoms with Crippen LogP contribution < -0.4 is 15.6 Å². The van der Waals surface area contributed by atoms with Crippen LogP contribution in [0.3, 0.4) is 0 Å². The van der Waals surface area contributed by atoms with Gasteiger partial charge in [-0.25, -0.2) is 4.98 Å². The number of nitrogens with zero attached hydrogens (tertiary/aromatic N) is 2. The van der Waals surface area contributed by atoms with Gasteiger partial charge in [-0.1, -0.05) is 18.2 Å². The molecular weight excluding hydrogens is 356 g/mol. The molecule has 0 fully saturated rings. The lowest BCUT2D eigenvalue weighted by Crippen LogP contribution is -2.45. The first-order chi connectivity index (χ1) is 13.7. The molecule has 1 unspecified atom stereocenters. The van der Waals surface area contributed by atoms with Gasteiger partial charge in [0.2, 0.25) is 5.91 Å². The summed E-state index contributed by atoms with van der Waals surface area (Å²) in [7, 11) is 1.55. The molecule has 2 aromatic carbocycles. The Kier molecular flexibility index (Phi) is 3.68. The second-order valence-corrected chi connectivity index (χ2v) is 6.88. The quantitative estimate of drug-likeness (QED) is 0.576. The zero-order valence-electron chi connectivity index (χ0n) is 15.2. The monoisotopic (exact) mass is 374 g/mol. The van der Waals surface area contributed by atoms with E-state index in [-0.39, 0.29) is 18.0 Å². The molecule has 2 aromatic heterocycles. The molecule has 5 rings (SSSR count). The second-order valence-electron chi connectivity index (χ2n) is 6.88. The number of carbonyl (C=O) groups is 1. The number of aromatic amines is 1. The Morgan fingerprint density at radius 2 is 2.04 bits per heavy atom. The van der Waals surface area contributed by atoms with Crippen LogP contribution in [0.2, 0.25) is 0 Å². The number of carbonyl (C=O) groups excluding carboxylic acids is 1.